The third-order valence-electron chi connectivity index (χ3n) is 1.86. The molecule has 2 aromatic rings. The third-order valence-corrected chi connectivity index (χ3v) is 1.86. The van der Waals surface area contributed by atoms with E-state index in [0.29, 0.717) is 11.5 Å². The van der Waals surface area contributed by atoms with E-state index < -0.39 is 5.69 Å². The lowest BCUT2D eigenvalue weighted by Gasteiger charge is -2.02. The highest BCUT2D eigenvalue weighted by Crippen LogP contribution is 2.08. The Morgan fingerprint density at radius 2 is 2.29 bits per heavy atom. The minimum atomic E-state index is -0.438. The van der Waals surface area contributed by atoms with Crippen LogP contribution in [0.15, 0.2) is 29.1 Å². The average Bonchev–Trinajstić information content (AvgIpc) is 2.45. The smallest absolute Gasteiger partial charge is 0.244 e. The largest absolute Gasteiger partial charge is 0.361 e. The number of aromatic nitrogens is 3. The Morgan fingerprint density at radius 3 is 2.86 bits per heavy atom. The van der Waals surface area contributed by atoms with Crippen LogP contribution in [0.4, 0.5) is 4.39 Å². The van der Waals surface area contributed by atoms with Gasteiger partial charge in [-0.1, -0.05) is 6.07 Å². The molecule has 0 spiro atoms. The maximum Gasteiger partial charge on any atom is 0.361 e. The van der Waals surface area contributed by atoms with E-state index in [4.69, 9.17) is 0 Å². The van der Waals surface area contributed by atoms with Gasteiger partial charge >= 0.3 is 5.69 Å². The van der Waals surface area contributed by atoms with Crippen molar-refractivity contribution in [1.82, 2.24) is 14.8 Å². The molecule has 0 unspecified atom stereocenters. The van der Waals surface area contributed by atoms with Gasteiger partial charge in [-0.3, -0.25) is 0 Å². The molecule has 0 saturated carbocycles. The van der Waals surface area contributed by atoms with Crippen molar-refractivity contribution in [2.45, 2.75) is 6.92 Å². The number of nitrogens with zero attached hydrogens (tertiary/aromatic N) is 2. The number of aromatic amines is 1. The summed E-state index contributed by atoms with van der Waals surface area (Å²) in [7, 11) is 0. The Kier molecular flexibility index (Phi) is 1.92. The van der Waals surface area contributed by atoms with Crippen LogP contribution in [0, 0.1) is 12.7 Å². The van der Waals surface area contributed by atoms with Crippen LogP contribution in [0.25, 0.3) is 5.69 Å². The van der Waals surface area contributed by atoms with Crippen molar-refractivity contribution in [3.8, 4) is 5.69 Å². The molecule has 0 bridgehead atoms. The molecule has 1 aromatic carbocycles. The lowest BCUT2D eigenvalue weighted by Crippen LogP contribution is -2.05. The summed E-state index contributed by atoms with van der Waals surface area (Å²) in [6.45, 7) is 1.67. The molecule has 0 radical (unpaired) electrons. The predicted octanol–water partition coefficient (Wildman–Crippen LogP) is 1.01. The van der Waals surface area contributed by atoms with Crippen molar-refractivity contribution in [3.05, 3.63) is 46.4 Å². The van der Waals surface area contributed by atoms with Gasteiger partial charge in [-0.25, -0.2) is 19.0 Å². The van der Waals surface area contributed by atoms with E-state index in [1.54, 1.807) is 19.1 Å². The molecule has 72 valence electrons. The molecular formula is C9H8FN3O. The van der Waals surface area contributed by atoms with E-state index in [1.165, 1.54) is 16.8 Å². The molecule has 0 aliphatic rings. The van der Waals surface area contributed by atoms with Gasteiger partial charge in [0.05, 0.1) is 5.69 Å². The van der Waals surface area contributed by atoms with Gasteiger partial charge < -0.3 is 0 Å². The standard InChI is InChI=1S/C9H8FN3O/c1-6-11-9(14)12-13(6)8-4-2-3-7(10)5-8/h2-5H,1H3,(H,12,14). The number of H-pyrrole nitrogens is 1. The number of hydrogen-bond acceptors (Lipinski definition) is 2. The molecule has 1 aromatic heterocycles. The van der Waals surface area contributed by atoms with Crippen LogP contribution in [0.1, 0.15) is 5.82 Å². The molecule has 4 nitrogen and oxygen atoms in total. The Bertz CT molecular complexity index is 515. The fraction of sp³-hybridized carbons (Fsp3) is 0.111. The topological polar surface area (TPSA) is 50.7 Å². The van der Waals surface area contributed by atoms with Crippen LogP contribution >= 0.6 is 0 Å². The summed E-state index contributed by atoms with van der Waals surface area (Å²) in [5.41, 5.74) is 0.115. The Balaban J connectivity index is 2.59. The molecule has 0 atom stereocenters. The van der Waals surface area contributed by atoms with Gasteiger partial charge in [-0.2, -0.15) is 4.98 Å². The van der Waals surface area contributed by atoms with Gasteiger partial charge in [0.15, 0.2) is 0 Å². The first-order valence-electron chi connectivity index (χ1n) is 4.08. The average molecular weight is 193 g/mol. The van der Waals surface area contributed by atoms with Gasteiger partial charge in [0.25, 0.3) is 0 Å². The summed E-state index contributed by atoms with van der Waals surface area (Å²) in [4.78, 5) is 14.5. The number of aryl methyl sites for hydroxylation is 1. The maximum absolute atomic E-state index is 12.9. The first kappa shape index (κ1) is 8.68. The van der Waals surface area contributed by atoms with E-state index in [2.05, 4.69) is 10.1 Å². The molecule has 5 heteroatoms. The van der Waals surface area contributed by atoms with Crippen LogP contribution < -0.4 is 5.69 Å². The summed E-state index contributed by atoms with van der Waals surface area (Å²) in [6, 6.07) is 5.93. The van der Waals surface area contributed by atoms with E-state index in [9.17, 15) is 9.18 Å². The number of nitrogens with one attached hydrogen (secondary N) is 1. The molecule has 14 heavy (non-hydrogen) atoms. The second-order valence-electron chi connectivity index (χ2n) is 2.89. The molecule has 0 saturated heterocycles. The third kappa shape index (κ3) is 1.44. The first-order chi connectivity index (χ1) is 6.66. The Morgan fingerprint density at radius 1 is 1.50 bits per heavy atom. The zero-order chi connectivity index (χ0) is 10.1. The number of halogens is 1. The zero-order valence-electron chi connectivity index (χ0n) is 7.49. The summed E-state index contributed by atoms with van der Waals surface area (Å²) < 4.78 is 14.3. The zero-order valence-corrected chi connectivity index (χ0v) is 7.49. The van der Waals surface area contributed by atoms with E-state index in [1.807, 2.05) is 0 Å². The first-order valence-corrected chi connectivity index (χ1v) is 4.08. The van der Waals surface area contributed by atoms with Gasteiger partial charge in [0, 0.05) is 0 Å². The fourth-order valence-electron chi connectivity index (χ4n) is 1.27. The SMILES string of the molecule is Cc1nc(=O)[nH]n1-c1cccc(F)c1. The summed E-state index contributed by atoms with van der Waals surface area (Å²) in [5, 5.41) is 2.47. The molecule has 1 heterocycles. The molecule has 0 amide bonds. The van der Waals surface area contributed by atoms with Crippen LogP contribution in [-0.2, 0) is 0 Å². The highest BCUT2D eigenvalue weighted by atomic mass is 19.1. The van der Waals surface area contributed by atoms with Crippen molar-refractivity contribution >= 4 is 0 Å². The van der Waals surface area contributed by atoms with Gasteiger partial charge in [-0.15, -0.1) is 0 Å². The van der Waals surface area contributed by atoms with E-state index >= 15 is 0 Å². The van der Waals surface area contributed by atoms with Crippen molar-refractivity contribution < 1.29 is 4.39 Å². The van der Waals surface area contributed by atoms with Gasteiger partial charge in [0.1, 0.15) is 11.6 Å². The Hall–Kier alpha value is -1.91. The summed E-state index contributed by atoms with van der Waals surface area (Å²) >= 11 is 0. The molecule has 0 aliphatic heterocycles. The highest BCUT2D eigenvalue weighted by molar-refractivity contribution is 5.31. The molecule has 2 rings (SSSR count). The van der Waals surface area contributed by atoms with Crippen molar-refractivity contribution in [1.29, 1.82) is 0 Å². The van der Waals surface area contributed by atoms with E-state index in [-0.39, 0.29) is 5.82 Å². The Labute approximate surface area is 79.0 Å². The number of hydrogen-bond donors (Lipinski definition) is 1. The minimum absolute atomic E-state index is 0.351. The summed E-state index contributed by atoms with van der Waals surface area (Å²) in [5.74, 6) is 0.150. The molecule has 1 N–H and O–H groups in total. The highest BCUT2D eigenvalue weighted by Gasteiger charge is 2.03. The lowest BCUT2D eigenvalue weighted by atomic mass is 10.3. The van der Waals surface area contributed by atoms with Gasteiger partial charge in [0.2, 0.25) is 0 Å². The summed E-state index contributed by atoms with van der Waals surface area (Å²) in [6.07, 6.45) is 0. The monoisotopic (exact) mass is 193 g/mol. The van der Waals surface area contributed by atoms with Crippen molar-refractivity contribution in [3.63, 3.8) is 0 Å². The van der Waals surface area contributed by atoms with E-state index in [0.717, 1.165) is 0 Å². The predicted molar refractivity (Wildman–Crippen MR) is 48.9 cm³/mol. The fourth-order valence-corrected chi connectivity index (χ4v) is 1.27. The van der Waals surface area contributed by atoms with Crippen LogP contribution in [0.5, 0.6) is 0 Å². The normalized spacial score (nSPS) is 10.4. The van der Waals surface area contributed by atoms with Crippen molar-refractivity contribution in [2.75, 3.05) is 0 Å². The van der Waals surface area contributed by atoms with Gasteiger partial charge in [-0.05, 0) is 25.1 Å². The maximum atomic E-state index is 12.9. The quantitative estimate of drug-likeness (QED) is 0.734. The van der Waals surface area contributed by atoms with Crippen LogP contribution in [0.2, 0.25) is 0 Å². The lowest BCUT2D eigenvalue weighted by molar-refractivity contribution is 0.625. The van der Waals surface area contributed by atoms with Crippen LogP contribution in [0.3, 0.4) is 0 Å². The number of rotatable bonds is 1. The van der Waals surface area contributed by atoms with Crippen molar-refractivity contribution in [2.24, 2.45) is 0 Å². The molecule has 0 fully saturated rings. The molecule has 0 aliphatic carbocycles. The van der Waals surface area contributed by atoms with Crippen LogP contribution in [-0.4, -0.2) is 14.8 Å². The number of benzene rings is 1. The second-order valence-corrected chi connectivity index (χ2v) is 2.89. The molecular weight excluding hydrogens is 185 g/mol. The second kappa shape index (κ2) is 3.10. The minimum Gasteiger partial charge on any atom is -0.244 e.